The number of rotatable bonds is 6. The molecule has 182 valence electrons. The van der Waals surface area contributed by atoms with Crippen LogP contribution in [0.4, 0.5) is 5.69 Å². The average Bonchev–Trinajstić information content (AvgIpc) is 3.26. The number of nitrogens with one attached hydrogen (secondary N) is 1. The fourth-order valence-electron chi connectivity index (χ4n) is 3.68. The van der Waals surface area contributed by atoms with Crippen LogP contribution in [0.2, 0.25) is 15.1 Å². The van der Waals surface area contributed by atoms with Crippen LogP contribution >= 0.6 is 34.8 Å². The van der Waals surface area contributed by atoms with E-state index in [-0.39, 0.29) is 28.3 Å². The van der Waals surface area contributed by atoms with Gasteiger partial charge in [0.25, 0.3) is 5.91 Å². The highest BCUT2D eigenvalue weighted by atomic mass is 35.5. The summed E-state index contributed by atoms with van der Waals surface area (Å²) in [6.45, 7) is 9.44. The van der Waals surface area contributed by atoms with Gasteiger partial charge in [-0.1, -0.05) is 60.8 Å². The molecule has 0 aliphatic heterocycles. The van der Waals surface area contributed by atoms with Gasteiger partial charge in [0, 0.05) is 16.3 Å². The molecule has 4 aromatic rings. The Morgan fingerprint density at radius 3 is 2.34 bits per heavy atom. The molecule has 5 nitrogen and oxygen atoms in total. The van der Waals surface area contributed by atoms with Crippen molar-refractivity contribution < 1.29 is 13.9 Å². The predicted molar refractivity (Wildman–Crippen MR) is 143 cm³/mol. The molecule has 1 aromatic heterocycles. The van der Waals surface area contributed by atoms with E-state index < -0.39 is 0 Å². The normalized spacial score (nSPS) is 11.3. The lowest BCUT2D eigenvalue weighted by molar-refractivity contribution is -0.118. The predicted octanol–water partition coefficient (Wildman–Crippen LogP) is 8.52. The fourth-order valence-corrected chi connectivity index (χ4v) is 4.50. The van der Waals surface area contributed by atoms with Gasteiger partial charge in [-0.25, -0.2) is 4.98 Å². The molecule has 0 saturated carbocycles. The Hall–Kier alpha value is -2.73. The summed E-state index contributed by atoms with van der Waals surface area (Å²) in [4.78, 5) is 17.4. The van der Waals surface area contributed by atoms with Crippen LogP contribution in [0.3, 0.4) is 0 Å². The summed E-state index contributed by atoms with van der Waals surface area (Å²) in [7, 11) is 0. The summed E-state index contributed by atoms with van der Waals surface area (Å²) in [5, 5.41) is 3.93. The lowest BCUT2D eigenvalue weighted by Crippen LogP contribution is -2.21. The van der Waals surface area contributed by atoms with Crippen LogP contribution in [0, 0.1) is 20.8 Å². The zero-order chi connectivity index (χ0) is 25.4. The molecule has 0 bridgehead atoms. The van der Waals surface area contributed by atoms with E-state index >= 15 is 0 Å². The Kier molecular flexibility index (Phi) is 7.32. The number of aromatic nitrogens is 1. The largest absolute Gasteiger partial charge is 0.481 e. The lowest BCUT2D eigenvalue weighted by Gasteiger charge is -2.16. The van der Waals surface area contributed by atoms with Gasteiger partial charge in [0.15, 0.2) is 17.9 Å². The number of halogens is 3. The van der Waals surface area contributed by atoms with Gasteiger partial charge < -0.3 is 14.5 Å². The second-order valence-electron chi connectivity index (χ2n) is 8.79. The zero-order valence-corrected chi connectivity index (χ0v) is 22.3. The highest BCUT2D eigenvalue weighted by Crippen LogP contribution is 2.42. The first-order valence-electron chi connectivity index (χ1n) is 11.1. The Labute approximate surface area is 219 Å². The van der Waals surface area contributed by atoms with Gasteiger partial charge in [-0.15, -0.1) is 0 Å². The number of oxazole rings is 1. The van der Waals surface area contributed by atoms with Crippen LogP contribution < -0.4 is 10.1 Å². The second kappa shape index (κ2) is 10.1. The van der Waals surface area contributed by atoms with E-state index in [2.05, 4.69) is 24.1 Å². The number of hydrogen-bond donors (Lipinski definition) is 1. The van der Waals surface area contributed by atoms with Crippen molar-refractivity contribution in [3.63, 3.8) is 0 Å². The first kappa shape index (κ1) is 25.4. The Bertz CT molecular complexity index is 1410. The van der Waals surface area contributed by atoms with Crippen LogP contribution in [-0.4, -0.2) is 17.5 Å². The first-order chi connectivity index (χ1) is 16.6. The van der Waals surface area contributed by atoms with Gasteiger partial charge >= 0.3 is 0 Å². The molecular formula is C27H25Cl3N2O3. The molecule has 0 saturated heterocycles. The zero-order valence-electron chi connectivity index (χ0n) is 20.1. The summed E-state index contributed by atoms with van der Waals surface area (Å²) in [5.74, 6) is 0.758. The summed E-state index contributed by atoms with van der Waals surface area (Å²) < 4.78 is 11.6. The highest BCUT2D eigenvalue weighted by molar-refractivity contribution is 6.42. The van der Waals surface area contributed by atoms with Crippen LogP contribution in [0.25, 0.3) is 22.6 Å². The van der Waals surface area contributed by atoms with Crippen molar-refractivity contribution in [1.82, 2.24) is 4.98 Å². The quantitative estimate of drug-likeness (QED) is 0.271. The van der Waals surface area contributed by atoms with Crippen LogP contribution in [-0.2, 0) is 4.79 Å². The molecule has 1 amide bonds. The van der Waals surface area contributed by atoms with Crippen molar-refractivity contribution >= 4 is 57.5 Å². The van der Waals surface area contributed by atoms with Crippen molar-refractivity contribution in [2.45, 2.75) is 40.5 Å². The molecule has 0 fully saturated rings. The maximum absolute atomic E-state index is 12.7. The van der Waals surface area contributed by atoms with Crippen molar-refractivity contribution in [1.29, 1.82) is 0 Å². The van der Waals surface area contributed by atoms with Gasteiger partial charge in [0.1, 0.15) is 5.52 Å². The first-order valence-corrected chi connectivity index (χ1v) is 12.3. The fraction of sp³-hybridized carbons (Fsp3) is 0.259. The van der Waals surface area contributed by atoms with Gasteiger partial charge in [-0.2, -0.15) is 0 Å². The molecule has 1 N–H and O–H groups in total. The molecule has 0 aliphatic carbocycles. The maximum atomic E-state index is 12.7. The smallest absolute Gasteiger partial charge is 0.262 e. The standard InChI is InChI=1S/C27H25Cl3N2O3/c1-13(2)17-8-9-21-20(10-17)32-27(35-21)18-7-6-14(3)19(11-18)31-22(33)12-34-26-24(29)15(4)23(28)16(5)25(26)30/h6-11,13H,12H2,1-5H3,(H,31,33). The monoisotopic (exact) mass is 530 g/mol. The molecule has 3 aromatic carbocycles. The second-order valence-corrected chi connectivity index (χ2v) is 9.92. The van der Waals surface area contributed by atoms with Gasteiger partial charge in [-0.3, -0.25) is 4.79 Å². The Balaban J connectivity index is 1.53. The molecule has 0 radical (unpaired) electrons. The summed E-state index contributed by atoms with van der Waals surface area (Å²) >= 11 is 18.9. The summed E-state index contributed by atoms with van der Waals surface area (Å²) in [6.07, 6.45) is 0. The Morgan fingerprint density at radius 2 is 1.69 bits per heavy atom. The molecule has 0 atom stereocenters. The molecular weight excluding hydrogens is 507 g/mol. The number of ether oxygens (including phenoxy) is 1. The molecule has 0 unspecified atom stereocenters. The maximum Gasteiger partial charge on any atom is 0.262 e. The van der Waals surface area contributed by atoms with Crippen LogP contribution in [0.15, 0.2) is 40.8 Å². The molecule has 4 rings (SSSR count). The number of hydrogen-bond acceptors (Lipinski definition) is 4. The molecule has 1 heterocycles. The van der Waals surface area contributed by atoms with Crippen LogP contribution in [0.5, 0.6) is 5.75 Å². The summed E-state index contributed by atoms with van der Waals surface area (Å²) in [6, 6.07) is 11.7. The lowest BCUT2D eigenvalue weighted by atomic mass is 10.0. The highest BCUT2D eigenvalue weighted by Gasteiger charge is 2.19. The number of nitrogens with zero attached hydrogens (tertiary/aromatic N) is 1. The topological polar surface area (TPSA) is 64.4 Å². The number of fused-ring (bicyclic) bond motifs is 1. The molecule has 35 heavy (non-hydrogen) atoms. The van der Waals surface area contributed by atoms with Crippen LogP contribution in [0.1, 0.15) is 42.0 Å². The van der Waals surface area contributed by atoms with E-state index in [1.54, 1.807) is 13.8 Å². The third kappa shape index (κ3) is 5.13. The van der Waals surface area contributed by atoms with E-state index in [0.717, 1.165) is 16.6 Å². The van der Waals surface area contributed by atoms with Crippen molar-refractivity contribution in [3.05, 3.63) is 73.7 Å². The van der Waals surface area contributed by atoms with Crippen molar-refractivity contribution in [2.75, 3.05) is 11.9 Å². The van der Waals surface area contributed by atoms with E-state index in [0.29, 0.717) is 39.2 Å². The van der Waals surface area contributed by atoms with E-state index in [9.17, 15) is 4.79 Å². The van der Waals surface area contributed by atoms with Crippen molar-refractivity contribution in [2.24, 2.45) is 0 Å². The number of carbonyl (C=O) groups is 1. The SMILES string of the molecule is Cc1ccc(-c2nc3cc(C(C)C)ccc3o2)cc1NC(=O)COc1c(Cl)c(C)c(Cl)c(C)c1Cl. The Morgan fingerprint density at radius 1 is 1.00 bits per heavy atom. The molecule has 0 aliphatic rings. The van der Waals surface area contributed by atoms with E-state index in [1.165, 1.54) is 5.56 Å². The van der Waals surface area contributed by atoms with E-state index in [4.69, 9.17) is 44.0 Å². The summed E-state index contributed by atoms with van der Waals surface area (Å²) in [5.41, 5.74) is 6.27. The van der Waals surface area contributed by atoms with Crippen molar-refractivity contribution in [3.8, 4) is 17.2 Å². The minimum Gasteiger partial charge on any atom is -0.481 e. The average molecular weight is 532 g/mol. The number of aryl methyl sites for hydroxylation is 1. The molecule has 8 heteroatoms. The van der Waals surface area contributed by atoms with Gasteiger partial charge in [0.05, 0.1) is 10.0 Å². The number of benzene rings is 3. The minimum atomic E-state index is -0.359. The van der Waals surface area contributed by atoms with E-state index in [1.807, 2.05) is 43.3 Å². The third-order valence-corrected chi connectivity index (χ3v) is 7.38. The van der Waals surface area contributed by atoms with Gasteiger partial charge in [-0.05, 0) is 73.2 Å². The number of anilines is 1. The third-order valence-electron chi connectivity index (χ3n) is 5.90. The van der Waals surface area contributed by atoms with Gasteiger partial charge in [0.2, 0.25) is 5.89 Å². The molecule has 0 spiro atoms. The minimum absolute atomic E-state index is 0.237. The number of carbonyl (C=O) groups excluding carboxylic acids is 1. The number of amides is 1.